The van der Waals surface area contributed by atoms with E-state index in [1.54, 1.807) is 6.92 Å². The highest BCUT2D eigenvalue weighted by Gasteiger charge is 2.83. The van der Waals surface area contributed by atoms with Crippen LogP contribution in [0, 0.1) is 16.7 Å². The fraction of sp³-hybridized carbons (Fsp3) is 0.656. The number of epoxide rings is 1. The first-order valence-corrected chi connectivity index (χ1v) is 15.3. The molecule has 0 aromatic heterocycles. The summed E-state index contributed by atoms with van der Waals surface area (Å²) in [5.74, 6) is -3.86. The number of esters is 3. The van der Waals surface area contributed by atoms with Crippen molar-refractivity contribution in [3.05, 3.63) is 36.0 Å². The molecule has 12 heteroatoms. The van der Waals surface area contributed by atoms with Crippen molar-refractivity contribution >= 4 is 29.8 Å². The van der Waals surface area contributed by atoms with Crippen molar-refractivity contribution in [3.63, 3.8) is 0 Å². The van der Waals surface area contributed by atoms with E-state index >= 15 is 0 Å². The predicted molar refractivity (Wildman–Crippen MR) is 153 cm³/mol. The number of rotatable bonds is 5. The van der Waals surface area contributed by atoms with Crippen LogP contribution in [0.1, 0.15) is 65.7 Å². The van der Waals surface area contributed by atoms with Crippen LogP contribution in [0.4, 0.5) is 0 Å². The molecule has 1 amide bonds. The van der Waals surface area contributed by atoms with Gasteiger partial charge in [0.2, 0.25) is 5.91 Å². The van der Waals surface area contributed by atoms with E-state index in [2.05, 4.69) is 11.4 Å². The number of amides is 1. The minimum Gasteiger partial charge on any atom is -0.481 e. The number of cyclic esters (lactones) is 2. The van der Waals surface area contributed by atoms with Crippen LogP contribution in [0.2, 0.25) is 0 Å². The number of carboxylic acid groups (broad SMARTS) is 1. The number of carboxylic acids is 1. The number of nitrogens with one attached hydrogen (secondary N) is 1. The average molecular weight is 616 g/mol. The normalized spacial score (nSPS) is 40.2. The van der Waals surface area contributed by atoms with E-state index in [1.165, 1.54) is 24.3 Å². The summed E-state index contributed by atoms with van der Waals surface area (Å²) in [6.45, 7) is 6.16. The molecule has 8 atom stereocenters. The van der Waals surface area contributed by atoms with Crippen molar-refractivity contribution in [3.8, 4) is 0 Å². The van der Waals surface area contributed by atoms with Crippen molar-refractivity contribution in [1.29, 1.82) is 0 Å². The smallest absolute Gasteiger partial charge is 0.331 e. The SMILES string of the molecule is CC1=C[C@H]2O[C@@H]3C[C@H]4OC(=O)/C=C\C=C\C(=O)OCC[C@@H](C)[C@@H](NC(=O)CCCC(=O)O)C(=O)OC[C@@]2(CC1)C4(C)[C@]31CO1. The highest BCUT2D eigenvalue weighted by atomic mass is 16.6. The zero-order valence-electron chi connectivity index (χ0n) is 25.4. The molecule has 2 aliphatic carbocycles. The molecule has 5 aliphatic rings. The number of hydrogen-bond acceptors (Lipinski definition) is 10. The largest absolute Gasteiger partial charge is 0.481 e. The molecule has 0 radical (unpaired) electrons. The molecule has 44 heavy (non-hydrogen) atoms. The van der Waals surface area contributed by atoms with E-state index < -0.39 is 70.4 Å². The highest BCUT2D eigenvalue weighted by Crippen LogP contribution is 2.72. The summed E-state index contributed by atoms with van der Waals surface area (Å²) in [5.41, 5.74) is -1.10. The van der Waals surface area contributed by atoms with Gasteiger partial charge >= 0.3 is 23.9 Å². The van der Waals surface area contributed by atoms with E-state index in [0.717, 1.165) is 12.0 Å². The van der Waals surface area contributed by atoms with Gasteiger partial charge in [-0.3, -0.25) is 9.59 Å². The molecule has 3 fully saturated rings. The van der Waals surface area contributed by atoms with Gasteiger partial charge in [-0.25, -0.2) is 14.4 Å². The van der Waals surface area contributed by atoms with E-state index in [-0.39, 0.29) is 45.0 Å². The number of carbonyl (C=O) groups is 5. The minimum absolute atomic E-state index is 0.0281. The Balaban J connectivity index is 1.47. The summed E-state index contributed by atoms with van der Waals surface area (Å²) in [5, 5.41) is 11.7. The Morgan fingerprint density at radius 3 is 2.48 bits per heavy atom. The average Bonchev–Trinajstić information content (AvgIpc) is 3.75. The number of carbonyl (C=O) groups excluding carboxylic acids is 4. The predicted octanol–water partition coefficient (Wildman–Crippen LogP) is 2.55. The van der Waals surface area contributed by atoms with Crippen LogP contribution in [-0.2, 0) is 47.7 Å². The van der Waals surface area contributed by atoms with E-state index in [0.29, 0.717) is 19.4 Å². The molecule has 2 bridgehead atoms. The first-order valence-electron chi connectivity index (χ1n) is 15.3. The number of hydrogen-bond donors (Lipinski definition) is 2. The Kier molecular flexibility index (Phi) is 9.04. The molecule has 0 aromatic rings. The zero-order valence-corrected chi connectivity index (χ0v) is 25.4. The number of aliphatic carboxylic acids is 1. The van der Waals surface area contributed by atoms with Gasteiger partial charge in [-0.15, -0.1) is 0 Å². The summed E-state index contributed by atoms with van der Waals surface area (Å²) >= 11 is 0. The van der Waals surface area contributed by atoms with E-state index in [4.69, 9.17) is 28.8 Å². The molecule has 5 rings (SSSR count). The van der Waals surface area contributed by atoms with Gasteiger partial charge in [0.15, 0.2) is 0 Å². The van der Waals surface area contributed by atoms with Crippen LogP contribution >= 0.6 is 0 Å². The van der Waals surface area contributed by atoms with Crippen molar-refractivity contribution in [2.24, 2.45) is 16.7 Å². The van der Waals surface area contributed by atoms with Gasteiger partial charge in [0.05, 0.1) is 30.8 Å². The number of allylic oxidation sites excluding steroid dienone is 3. The molecular weight excluding hydrogens is 574 g/mol. The van der Waals surface area contributed by atoms with Crippen LogP contribution in [0.5, 0.6) is 0 Å². The van der Waals surface area contributed by atoms with E-state index in [1.807, 2.05) is 13.8 Å². The van der Waals surface area contributed by atoms with Gasteiger partial charge in [-0.2, -0.15) is 0 Å². The second-order valence-electron chi connectivity index (χ2n) is 12.8. The van der Waals surface area contributed by atoms with Gasteiger partial charge < -0.3 is 34.1 Å². The molecule has 1 unspecified atom stereocenters. The molecule has 12 nitrogen and oxygen atoms in total. The lowest BCUT2D eigenvalue weighted by Crippen LogP contribution is -2.67. The maximum Gasteiger partial charge on any atom is 0.331 e. The van der Waals surface area contributed by atoms with E-state index in [9.17, 15) is 24.0 Å². The second kappa shape index (κ2) is 12.5. The van der Waals surface area contributed by atoms with Crippen LogP contribution < -0.4 is 5.32 Å². The zero-order chi connectivity index (χ0) is 31.7. The minimum atomic E-state index is -1.08. The summed E-state index contributed by atoms with van der Waals surface area (Å²) in [6, 6.07) is -1.08. The Labute approximate surface area is 256 Å². The quantitative estimate of drug-likeness (QED) is 0.202. The third kappa shape index (κ3) is 5.81. The molecule has 2 spiro atoms. The third-order valence-corrected chi connectivity index (χ3v) is 10.3. The van der Waals surface area contributed by atoms with Crippen molar-refractivity contribution in [1.82, 2.24) is 5.32 Å². The van der Waals surface area contributed by atoms with Gasteiger partial charge in [0.25, 0.3) is 0 Å². The van der Waals surface area contributed by atoms with Crippen LogP contribution in [0.25, 0.3) is 0 Å². The third-order valence-electron chi connectivity index (χ3n) is 10.3. The van der Waals surface area contributed by atoms with Crippen molar-refractivity contribution in [2.45, 2.75) is 95.7 Å². The molecule has 1 saturated carbocycles. The summed E-state index contributed by atoms with van der Waals surface area (Å²) in [4.78, 5) is 62.6. The lowest BCUT2D eigenvalue weighted by atomic mass is 9.51. The molecule has 240 valence electrons. The van der Waals surface area contributed by atoms with Crippen LogP contribution in [-0.4, -0.2) is 84.7 Å². The van der Waals surface area contributed by atoms with Crippen LogP contribution in [0.3, 0.4) is 0 Å². The Morgan fingerprint density at radius 2 is 1.77 bits per heavy atom. The highest BCUT2D eigenvalue weighted by molar-refractivity contribution is 5.85. The molecule has 2 saturated heterocycles. The maximum atomic E-state index is 13.8. The fourth-order valence-electron chi connectivity index (χ4n) is 7.51. The first-order chi connectivity index (χ1) is 20.9. The Bertz CT molecular complexity index is 1280. The van der Waals surface area contributed by atoms with Gasteiger partial charge in [-0.05, 0) is 38.5 Å². The molecule has 0 aromatic carbocycles. The van der Waals surface area contributed by atoms with Crippen LogP contribution in [0.15, 0.2) is 36.0 Å². The van der Waals surface area contributed by atoms with Gasteiger partial charge in [-0.1, -0.05) is 37.6 Å². The number of ether oxygens (including phenoxy) is 5. The first kappa shape index (κ1) is 31.9. The van der Waals surface area contributed by atoms with Gasteiger partial charge in [0, 0.05) is 36.8 Å². The molecule has 2 N–H and O–H groups in total. The molecular formula is C32H41NO11. The van der Waals surface area contributed by atoms with Crippen molar-refractivity contribution in [2.75, 3.05) is 19.8 Å². The lowest BCUT2D eigenvalue weighted by Gasteiger charge is -2.58. The summed E-state index contributed by atoms with van der Waals surface area (Å²) in [6.07, 6.45) is 7.83. The standard InChI is InChI=1S/C32H41NO11/c1-19-11-13-31-17-41-29(39)28(33-24(34)7-6-8-25(35)36)20(2)12-14-40-26(37)9-4-5-10-27(38)44-21-16-23(43-22(31)15-19)32(18-42-32)30(21,31)3/h4-5,9-10,15,20-23,28H,6-8,11-14,16-18H2,1-3H3,(H,33,34)(H,35,36)/b9-4+,10-5-/t20-,21-,22-,23-,28-,30?,31-,32+/m1/s1. The monoisotopic (exact) mass is 615 g/mol. The second-order valence-corrected chi connectivity index (χ2v) is 12.8. The molecule has 3 heterocycles. The summed E-state index contributed by atoms with van der Waals surface area (Å²) in [7, 11) is 0. The Hall–Kier alpha value is -3.51. The topological polar surface area (TPSA) is 167 Å². The molecule has 3 aliphatic heterocycles. The van der Waals surface area contributed by atoms with Crippen molar-refractivity contribution < 1.29 is 52.8 Å². The fourth-order valence-corrected chi connectivity index (χ4v) is 7.51. The maximum absolute atomic E-state index is 13.8. The van der Waals surface area contributed by atoms with Gasteiger partial charge in [0.1, 0.15) is 24.4 Å². The Morgan fingerprint density at radius 1 is 1.05 bits per heavy atom. The lowest BCUT2D eigenvalue weighted by molar-refractivity contribution is -0.233. The summed E-state index contributed by atoms with van der Waals surface area (Å²) < 4.78 is 30.2.